The fourth-order valence-electron chi connectivity index (χ4n) is 0.360. The van der Waals surface area contributed by atoms with Gasteiger partial charge in [0.1, 0.15) is 0 Å². The van der Waals surface area contributed by atoms with E-state index in [0.29, 0.717) is 18.4 Å². The molecule has 0 aromatic rings. The van der Waals surface area contributed by atoms with Gasteiger partial charge in [0.2, 0.25) is 0 Å². The molecule has 2 nitrogen and oxygen atoms in total. The van der Waals surface area contributed by atoms with Crippen molar-refractivity contribution in [1.82, 2.24) is 0 Å². The van der Waals surface area contributed by atoms with Gasteiger partial charge in [-0.1, -0.05) is 13.3 Å². The minimum Gasteiger partial charge on any atom is -0.466 e. The van der Waals surface area contributed by atoms with Crippen LogP contribution < -0.4 is 0 Å². The zero-order chi connectivity index (χ0) is 9.82. The van der Waals surface area contributed by atoms with Gasteiger partial charge < -0.3 is 4.74 Å². The number of carbonyl (C=O) groups excluding carboxylic acids is 1. The Morgan fingerprint density at radius 1 is 1.33 bits per heavy atom. The summed E-state index contributed by atoms with van der Waals surface area (Å²) in [4.78, 5) is 10.1. The van der Waals surface area contributed by atoms with Crippen LogP contribution >= 0.6 is 23.2 Å². The van der Waals surface area contributed by atoms with Crippen molar-refractivity contribution in [3.8, 4) is 0 Å². The molecule has 0 N–H and O–H groups in total. The molecule has 0 atom stereocenters. The van der Waals surface area contributed by atoms with Crippen molar-refractivity contribution in [2.24, 2.45) is 0 Å². The molecular weight excluding hydrogens is 199 g/mol. The largest absolute Gasteiger partial charge is 0.466 e. The summed E-state index contributed by atoms with van der Waals surface area (Å²) >= 11 is 10.1. The van der Waals surface area contributed by atoms with Crippen molar-refractivity contribution in [1.29, 1.82) is 0 Å². The highest BCUT2D eigenvalue weighted by Crippen LogP contribution is 1.86. The zero-order valence-electron chi connectivity index (χ0n) is 7.61. The van der Waals surface area contributed by atoms with Crippen LogP contribution in [-0.2, 0) is 9.53 Å². The molecule has 0 fully saturated rings. The number of rotatable bonds is 4. The molecule has 0 aromatic heterocycles. The number of esters is 1. The molecule has 0 saturated carbocycles. The standard InChI is InChI=1S/C6H12O2.C2H4Cl2/c1-3-4-5-8-6(2)7;3-1-2-4/h3-5H2,1-2H3;1-2H2. The van der Waals surface area contributed by atoms with Crippen LogP contribution in [0.3, 0.4) is 0 Å². The Hall–Kier alpha value is 0.0500. The van der Waals surface area contributed by atoms with E-state index in [-0.39, 0.29) is 5.97 Å². The highest BCUT2D eigenvalue weighted by atomic mass is 35.5. The molecule has 0 aliphatic heterocycles. The Kier molecular flexibility index (Phi) is 16.5. The smallest absolute Gasteiger partial charge is 0.302 e. The lowest BCUT2D eigenvalue weighted by Crippen LogP contribution is -1.99. The Morgan fingerprint density at radius 2 is 1.83 bits per heavy atom. The van der Waals surface area contributed by atoms with E-state index in [1.807, 2.05) is 0 Å². The Labute approximate surface area is 84.2 Å². The summed E-state index contributed by atoms with van der Waals surface area (Å²) in [5.74, 6) is 0.932. The molecule has 0 saturated heterocycles. The first-order valence-corrected chi connectivity index (χ1v) is 5.01. The van der Waals surface area contributed by atoms with Gasteiger partial charge in [0.05, 0.1) is 6.61 Å². The summed E-state index contributed by atoms with van der Waals surface area (Å²) in [5, 5.41) is 0. The van der Waals surface area contributed by atoms with Gasteiger partial charge in [-0.25, -0.2) is 0 Å². The number of carbonyl (C=O) groups is 1. The maximum absolute atomic E-state index is 10.1. The lowest BCUT2D eigenvalue weighted by molar-refractivity contribution is -0.141. The highest BCUT2D eigenvalue weighted by Gasteiger charge is 1.88. The molecule has 0 amide bonds. The minimum atomic E-state index is -0.182. The SMILES string of the molecule is CCCCOC(C)=O.ClCCCl. The van der Waals surface area contributed by atoms with Crippen LogP contribution in [0.4, 0.5) is 0 Å². The molecule has 0 rings (SSSR count). The molecule has 0 aliphatic rings. The van der Waals surface area contributed by atoms with Crippen LogP contribution in [0.15, 0.2) is 0 Å². The van der Waals surface area contributed by atoms with Crippen molar-refractivity contribution < 1.29 is 9.53 Å². The Balaban J connectivity index is 0. The number of hydrogen-bond acceptors (Lipinski definition) is 2. The summed E-state index contributed by atoms with van der Waals surface area (Å²) in [6.45, 7) is 4.06. The van der Waals surface area contributed by atoms with Crippen LogP contribution in [-0.4, -0.2) is 24.3 Å². The molecule has 0 aliphatic carbocycles. The average molecular weight is 215 g/mol. The van der Waals surface area contributed by atoms with E-state index in [4.69, 9.17) is 23.2 Å². The predicted molar refractivity (Wildman–Crippen MR) is 53.0 cm³/mol. The van der Waals surface area contributed by atoms with Crippen LogP contribution in [0.2, 0.25) is 0 Å². The van der Waals surface area contributed by atoms with Gasteiger partial charge >= 0.3 is 5.97 Å². The maximum atomic E-state index is 10.1. The number of alkyl halides is 2. The van der Waals surface area contributed by atoms with E-state index < -0.39 is 0 Å². The van der Waals surface area contributed by atoms with Crippen molar-refractivity contribution in [3.63, 3.8) is 0 Å². The Bertz CT molecular complexity index is 95.1. The number of ether oxygens (including phenoxy) is 1. The summed E-state index contributed by atoms with van der Waals surface area (Å²) in [6, 6.07) is 0. The minimum absolute atomic E-state index is 0.182. The predicted octanol–water partition coefficient (Wildman–Crippen LogP) is 2.81. The maximum Gasteiger partial charge on any atom is 0.302 e. The van der Waals surface area contributed by atoms with Gasteiger partial charge in [-0.2, -0.15) is 0 Å². The van der Waals surface area contributed by atoms with Crippen LogP contribution in [0.5, 0.6) is 0 Å². The number of hydrogen-bond donors (Lipinski definition) is 0. The van der Waals surface area contributed by atoms with Crippen LogP contribution in [0, 0.1) is 0 Å². The first-order chi connectivity index (χ1) is 5.68. The molecule has 0 heterocycles. The fourth-order valence-corrected chi connectivity index (χ4v) is 0.360. The quantitative estimate of drug-likeness (QED) is 0.409. The summed E-state index contributed by atoms with van der Waals surface area (Å²) in [5.41, 5.74) is 0. The van der Waals surface area contributed by atoms with Gasteiger partial charge in [-0.15, -0.1) is 23.2 Å². The molecule has 0 radical (unpaired) electrons. The summed E-state index contributed by atoms with van der Waals surface area (Å²) in [6.07, 6.45) is 2.05. The van der Waals surface area contributed by atoms with Crippen LogP contribution in [0.25, 0.3) is 0 Å². The fraction of sp³-hybridized carbons (Fsp3) is 0.875. The molecule has 12 heavy (non-hydrogen) atoms. The third-order valence-electron chi connectivity index (χ3n) is 0.875. The van der Waals surface area contributed by atoms with E-state index in [1.54, 1.807) is 0 Å². The van der Waals surface area contributed by atoms with Crippen molar-refractivity contribution >= 4 is 29.2 Å². The van der Waals surface area contributed by atoms with Gasteiger partial charge in [0.25, 0.3) is 0 Å². The van der Waals surface area contributed by atoms with E-state index >= 15 is 0 Å². The molecule has 0 spiro atoms. The molecule has 4 heteroatoms. The Morgan fingerprint density at radius 3 is 2.08 bits per heavy atom. The zero-order valence-corrected chi connectivity index (χ0v) is 9.12. The first kappa shape index (κ1) is 14.6. The van der Waals surface area contributed by atoms with E-state index in [2.05, 4.69) is 11.7 Å². The summed E-state index contributed by atoms with van der Waals surface area (Å²) in [7, 11) is 0. The monoisotopic (exact) mass is 214 g/mol. The van der Waals surface area contributed by atoms with E-state index in [9.17, 15) is 4.79 Å². The topological polar surface area (TPSA) is 26.3 Å². The van der Waals surface area contributed by atoms with Crippen LogP contribution in [0.1, 0.15) is 26.7 Å². The summed E-state index contributed by atoms with van der Waals surface area (Å²) < 4.78 is 4.64. The second-order valence-corrected chi connectivity index (χ2v) is 2.83. The third-order valence-corrected chi connectivity index (χ3v) is 1.45. The number of halogens is 2. The van der Waals surface area contributed by atoms with E-state index in [1.165, 1.54) is 6.92 Å². The van der Waals surface area contributed by atoms with Gasteiger partial charge in [0.15, 0.2) is 0 Å². The van der Waals surface area contributed by atoms with Gasteiger partial charge in [0, 0.05) is 18.7 Å². The van der Waals surface area contributed by atoms with Crippen molar-refractivity contribution in [3.05, 3.63) is 0 Å². The first-order valence-electron chi connectivity index (χ1n) is 3.94. The van der Waals surface area contributed by atoms with Crippen molar-refractivity contribution in [2.75, 3.05) is 18.4 Å². The second-order valence-electron chi connectivity index (χ2n) is 2.07. The average Bonchev–Trinajstić information content (AvgIpc) is 2.05. The molecule has 74 valence electrons. The molecule has 0 unspecified atom stereocenters. The van der Waals surface area contributed by atoms with Gasteiger partial charge in [-0.3, -0.25) is 4.79 Å². The lowest BCUT2D eigenvalue weighted by Gasteiger charge is -1.96. The highest BCUT2D eigenvalue weighted by molar-refractivity contribution is 6.25. The van der Waals surface area contributed by atoms with Crippen molar-refractivity contribution in [2.45, 2.75) is 26.7 Å². The second kappa shape index (κ2) is 13.6. The number of unbranched alkanes of at least 4 members (excludes halogenated alkanes) is 1. The van der Waals surface area contributed by atoms with Gasteiger partial charge in [-0.05, 0) is 6.42 Å². The lowest BCUT2D eigenvalue weighted by atomic mass is 10.4. The molecule has 0 aromatic carbocycles. The molecular formula is C8H16Cl2O2. The third kappa shape index (κ3) is 22.5. The van der Waals surface area contributed by atoms with E-state index in [0.717, 1.165) is 12.8 Å². The normalized spacial score (nSPS) is 8.33. The molecule has 0 bridgehead atoms.